The molecule has 8 rings (SSSR count). The van der Waals surface area contributed by atoms with Crippen LogP contribution in [0.4, 0.5) is 0 Å². The van der Waals surface area contributed by atoms with Gasteiger partial charge in [0.2, 0.25) is 0 Å². The molecular formula is C41H56O9. The van der Waals surface area contributed by atoms with Crippen LogP contribution in [0, 0.1) is 44.8 Å². The molecule has 2 aliphatic heterocycles. The summed E-state index contributed by atoms with van der Waals surface area (Å²) in [6.07, 6.45) is 6.22. The third-order valence-corrected chi connectivity index (χ3v) is 16.1. The minimum Gasteiger partial charge on any atom is -0.458 e. The molecule has 0 radical (unpaired) electrons. The molecule has 2 bridgehead atoms. The third-order valence-electron chi connectivity index (χ3n) is 16.1. The highest BCUT2D eigenvalue weighted by Gasteiger charge is 2.88. The Hall–Kier alpha value is -2.49. The molecule has 1 N–H and O–H groups in total. The molecule has 0 amide bonds. The number of hydrogen-bond acceptors (Lipinski definition) is 9. The summed E-state index contributed by atoms with van der Waals surface area (Å²) in [4.78, 5) is 39.2. The summed E-state index contributed by atoms with van der Waals surface area (Å²) in [5.41, 5.74) is -2.67. The molecule has 3 spiro atoms. The van der Waals surface area contributed by atoms with Gasteiger partial charge >= 0.3 is 17.9 Å². The van der Waals surface area contributed by atoms with Crippen LogP contribution in [0.2, 0.25) is 0 Å². The Kier molecular flexibility index (Phi) is 7.30. The van der Waals surface area contributed by atoms with Gasteiger partial charge in [-0.15, -0.1) is 0 Å². The van der Waals surface area contributed by atoms with E-state index in [4.69, 9.17) is 23.7 Å². The van der Waals surface area contributed by atoms with Gasteiger partial charge in [-0.1, -0.05) is 39.0 Å². The Labute approximate surface area is 296 Å². The second-order valence-corrected chi connectivity index (χ2v) is 18.8. The molecule has 7 aliphatic rings. The van der Waals surface area contributed by atoms with Crippen LogP contribution < -0.4 is 0 Å². The van der Waals surface area contributed by atoms with Crippen molar-refractivity contribution >= 4 is 17.9 Å². The van der Waals surface area contributed by atoms with Gasteiger partial charge in [-0.05, 0) is 107 Å². The molecule has 5 aliphatic carbocycles. The van der Waals surface area contributed by atoms with Gasteiger partial charge in [0.1, 0.15) is 23.9 Å². The lowest BCUT2D eigenvalue weighted by molar-refractivity contribution is -0.316. The fourth-order valence-corrected chi connectivity index (χ4v) is 14.2. The minimum atomic E-state index is -1.26. The molecule has 12 atom stereocenters. The van der Waals surface area contributed by atoms with Crippen LogP contribution in [0.25, 0.3) is 0 Å². The first-order valence-corrected chi connectivity index (χ1v) is 19.0. The van der Waals surface area contributed by atoms with E-state index in [1.54, 1.807) is 13.8 Å². The summed E-state index contributed by atoms with van der Waals surface area (Å²) in [5, 5.41) is 11.5. The van der Waals surface area contributed by atoms with E-state index >= 15 is 0 Å². The van der Waals surface area contributed by atoms with E-state index in [1.165, 1.54) is 13.8 Å². The second kappa shape index (κ2) is 10.6. The first-order valence-electron chi connectivity index (χ1n) is 19.0. The summed E-state index contributed by atoms with van der Waals surface area (Å²) >= 11 is 0. The van der Waals surface area contributed by atoms with Gasteiger partial charge in [-0.25, -0.2) is 4.79 Å². The number of rotatable bonds is 5. The molecule has 5 saturated carbocycles. The number of aliphatic hydroxyl groups is 1. The fraction of sp³-hybridized carbons (Fsp3) is 0.780. The first kappa shape index (κ1) is 34.6. The Morgan fingerprint density at radius 2 is 1.44 bits per heavy atom. The molecule has 274 valence electrons. The van der Waals surface area contributed by atoms with E-state index in [0.29, 0.717) is 30.9 Å². The van der Waals surface area contributed by atoms with Crippen molar-refractivity contribution in [2.75, 3.05) is 6.61 Å². The highest BCUT2D eigenvalue weighted by molar-refractivity contribution is 5.89. The third kappa shape index (κ3) is 4.20. The molecule has 2 unspecified atom stereocenters. The number of fused-ring (bicyclic) bond motifs is 4. The normalized spacial score (nSPS) is 48.0. The van der Waals surface area contributed by atoms with Crippen LogP contribution in [0.15, 0.2) is 30.3 Å². The van der Waals surface area contributed by atoms with E-state index in [9.17, 15) is 19.5 Å². The van der Waals surface area contributed by atoms with Crippen molar-refractivity contribution in [2.24, 2.45) is 44.8 Å². The zero-order valence-corrected chi connectivity index (χ0v) is 31.1. The van der Waals surface area contributed by atoms with Crippen molar-refractivity contribution in [3.8, 4) is 0 Å². The lowest BCUT2D eigenvalue weighted by atomic mass is 9.41. The first-order chi connectivity index (χ1) is 23.3. The van der Waals surface area contributed by atoms with E-state index < -0.39 is 46.0 Å². The molecule has 9 nitrogen and oxygen atoms in total. The van der Waals surface area contributed by atoms with Crippen LogP contribution in [0.5, 0.6) is 0 Å². The number of benzene rings is 1. The number of hydrogen-bond donors (Lipinski definition) is 1. The van der Waals surface area contributed by atoms with Crippen LogP contribution in [-0.2, 0) is 33.3 Å². The second-order valence-electron chi connectivity index (χ2n) is 18.8. The van der Waals surface area contributed by atoms with Crippen molar-refractivity contribution in [1.29, 1.82) is 0 Å². The Balaban J connectivity index is 1.19. The van der Waals surface area contributed by atoms with Gasteiger partial charge in [0.25, 0.3) is 0 Å². The van der Waals surface area contributed by atoms with E-state index in [0.717, 1.165) is 44.9 Å². The lowest BCUT2D eigenvalue weighted by Crippen LogP contribution is -2.63. The average Bonchev–Trinajstić information content (AvgIpc) is 3.52. The highest BCUT2D eigenvalue weighted by Crippen LogP contribution is 2.90. The maximum Gasteiger partial charge on any atom is 0.338 e. The van der Waals surface area contributed by atoms with Crippen molar-refractivity contribution in [3.05, 3.63) is 35.9 Å². The standard InChI is InChI=1S/C41H56O9/c1-24(42)47-30-31-36(7)18-21-41(50-36,35(5,6)45)46-23-40(31)20-19-39-22-38(39)17-16-29(49-33(44)26-12-10-9-11-13-26)34(3,4)27(38)14-15-28(39)37(40,8)32(30)48-25(2)43/h9-13,27-32,45H,14-23H2,1-8H3/t27-,28?,29-,30+,31?,32+,36-,37+,38+,39-,40-,41-/m0/s1. The monoisotopic (exact) mass is 692 g/mol. The maximum absolute atomic E-state index is 13.3. The molecule has 2 heterocycles. The summed E-state index contributed by atoms with van der Waals surface area (Å²) in [6, 6.07) is 9.27. The van der Waals surface area contributed by atoms with Gasteiger partial charge in [0, 0.05) is 42.4 Å². The van der Waals surface area contributed by atoms with Crippen molar-refractivity contribution in [2.45, 2.75) is 148 Å². The number of esters is 3. The fourth-order valence-electron chi connectivity index (χ4n) is 14.2. The van der Waals surface area contributed by atoms with Gasteiger partial charge in [-0.2, -0.15) is 0 Å². The van der Waals surface area contributed by atoms with Gasteiger partial charge in [0.15, 0.2) is 5.79 Å². The van der Waals surface area contributed by atoms with E-state index in [2.05, 4.69) is 27.7 Å². The van der Waals surface area contributed by atoms with Crippen LogP contribution in [0.3, 0.4) is 0 Å². The van der Waals surface area contributed by atoms with E-state index in [-0.39, 0.29) is 46.1 Å². The topological polar surface area (TPSA) is 118 Å². The average molecular weight is 693 g/mol. The molecule has 1 aromatic rings. The van der Waals surface area contributed by atoms with Gasteiger partial charge in [0.05, 0.1) is 17.8 Å². The molecule has 1 aromatic carbocycles. The predicted octanol–water partition coefficient (Wildman–Crippen LogP) is 6.78. The minimum absolute atomic E-state index is 0.0245. The number of ether oxygens (including phenoxy) is 5. The molecule has 0 aromatic heterocycles. The zero-order valence-electron chi connectivity index (χ0n) is 31.1. The summed E-state index contributed by atoms with van der Waals surface area (Å²) < 4.78 is 32.9. The summed E-state index contributed by atoms with van der Waals surface area (Å²) in [5.74, 6) is -1.97. The van der Waals surface area contributed by atoms with Crippen molar-refractivity contribution in [3.63, 3.8) is 0 Å². The van der Waals surface area contributed by atoms with Crippen LogP contribution in [0.1, 0.15) is 124 Å². The summed E-state index contributed by atoms with van der Waals surface area (Å²) in [7, 11) is 0. The number of carbonyl (C=O) groups excluding carboxylic acids is 3. The Morgan fingerprint density at radius 3 is 2.10 bits per heavy atom. The van der Waals surface area contributed by atoms with Gasteiger partial charge in [-0.3, -0.25) is 9.59 Å². The SMILES string of the molecule is CC(=O)O[C@@H]1C2[C@]3(CC[C@@]45C[C@@]46CC[C@H](OC(=O)c4ccccc4)C(C)(C)[C@@H]6CCC5[C@]3(C)[C@@H]1OC(C)=O)CO[C@@]1(C(C)(C)O)CC[C@]2(C)O1. The highest BCUT2D eigenvalue weighted by atomic mass is 16.7. The predicted molar refractivity (Wildman–Crippen MR) is 182 cm³/mol. The van der Waals surface area contributed by atoms with Crippen LogP contribution in [-0.4, -0.2) is 64.9 Å². The smallest absolute Gasteiger partial charge is 0.338 e. The van der Waals surface area contributed by atoms with Crippen LogP contribution >= 0.6 is 0 Å². The molecular weight excluding hydrogens is 636 g/mol. The van der Waals surface area contributed by atoms with E-state index in [1.807, 2.05) is 30.3 Å². The Bertz CT molecular complexity index is 1600. The van der Waals surface area contributed by atoms with Crippen molar-refractivity contribution < 1.29 is 43.2 Å². The zero-order chi connectivity index (χ0) is 35.9. The largest absolute Gasteiger partial charge is 0.458 e. The summed E-state index contributed by atoms with van der Waals surface area (Å²) in [6.45, 7) is 15.7. The molecule has 9 heteroatoms. The number of carbonyl (C=O) groups is 3. The van der Waals surface area contributed by atoms with Crippen molar-refractivity contribution in [1.82, 2.24) is 0 Å². The molecule has 7 fully saturated rings. The quantitative estimate of drug-likeness (QED) is 0.263. The maximum atomic E-state index is 13.3. The van der Waals surface area contributed by atoms with Gasteiger partial charge < -0.3 is 28.8 Å². The Morgan fingerprint density at radius 1 is 0.800 bits per heavy atom. The lowest BCUT2D eigenvalue weighted by Gasteiger charge is -2.64. The molecule has 50 heavy (non-hydrogen) atoms. The molecule has 2 saturated heterocycles.